The molecule has 2 heterocycles. The van der Waals surface area contributed by atoms with E-state index in [4.69, 9.17) is 16.2 Å². The van der Waals surface area contributed by atoms with Crippen molar-refractivity contribution in [1.29, 1.82) is 0 Å². The SMILES string of the molecule is Nc1ccc(F)c(-c2nc(-c3cccc(CO)c3)nc(N3CCOCC3)c2N)c1. The van der Waals surface area contributed by atoms with E-state index in [-0.39, 0.29) is 17.9 Å². The largest absolute Gasteiger partial charge is 0.399 e. The van der Waals surface area contributed by atoms with Crippen LogP contribution >= 0.6 is 0 Å². The molecule has 0 amide bonds. The topological polar surface area (TPSA) is 111 Å². The molecule has 1 aliphatic heterocycles. The lowest BCUT2D eigenvalue weighted by Crippen LogP contribution is -2.37. The zero-order chi connectivity index (χ0) is 20.4. The highest BCUT2D eigenvalue weighted by molar-refractivity contribution is 5.84. The van der Waals surface area contributed by atoms with Crippen LogP contribution in [-0.2, 0) is 11.3 Å². The van der Waals surface area contributed by atoms with E-state index in [1.807, 2.05) is 23.1 Å². The first-order valence-electron chi connectivity index (χ1n) is 9.32. The van der Waals surface area contributed by atoms with Gasteiger partial charge in [0.1, 0.15) is 17.2 Å². The molecule has 0 spiro atoms. The van der Waals surface area contributed by atoms with Crippen molar-refractivity contribution >= 4 is 17.2 Å². The number of ether oxygens (including phenoxy) is 1. The molecule has 150 valence electrons. The molecule has 0 atom stereocenters. The van der Waals surface area contributed by atoms with Crippen LogP contribution in [0.5, 0.6) is 0 Å². The number of rotatable bonds is 4. The molecule has 3 aromatic rings. The molecule has 8 heteroatoms. The number of benzene rings is 2. The van der Waals surface area contributed by atoms with E-state index in [1.54, 1.807) is 6.07 Å². The van der Waals surface area contributed by atoms with Gasteiger partial charge in [-0.25, -0.2) is 14.4 Å². The standard InChI is InChI=1S/C21H22FN5O2/c22-17-5-4-15(23)11-16(17)19-18(24)21(27-6-8-29-9-7-27)26-20(25-19)14-3-1-2-13(10-14)12-28/h1-5,10-11,28H,6-9,12,23-24H2. The number of aliphatic hydroxyl groups is 1. The number of anilines is 3. The third-order valence-electron chi connectivity index (χ3n) is 4.85. The smallest absolute Gasteiger partial charge is 0.162 e. The first-order valence-corrected chi connectivity index (χ1v) is 9.32. The van der Waals surface area contributed by atoms with Crippen LogP contribution in [0.4, 0.5) is 21.6 Å². The molecular formula is C21H22FN5O2. The first kappa shape index (κ1) is 19.1. The molecule has 0 radical (unpaired) electrons. The lowest BCUT2D eigenvalue weighted by atomic mass is 10.1. The molecule has 0 aliphatic carbocycles. The van der Waals surface area contributed by atoms with Crippen molar-refractivity contribution in [3.8, 4) is 22.6 Å². The zero-order valence-corrected chi connectivity index (χ0v) is 15.8. The Balaban J connectivity index is 1.92. The van der Waals surface area contributed by atoms with E-state index in [2.05, 4.69) is 9.97 Å². The maximum Gasteiger partial charge on any atom is 0.162 e. The molecule has 1 aromatic heterocycles. The second kappa shape index (κ2) is 8.02. The van der Waals surface area contributed by atoms with E-state index < -0.39 is 5.82 Å². The minimum atomic E-state index is -0.465. The van der Waals surface area contributed by atoms with Crippen molar-refractivity contribution in [3.63, 3.8) is 0 Å². The summed E-state index contributed by atoms with van der Waals surface area (Å²) in [5.41, 5.74) is 14.9. The van der Waals surface area contributed by atoms with Crippen LogP contribution in [0.1, 0.15) is 5.56 Å². The highest BCUT2D eigenvalue weighted by atomic mass is 19.1. The van der Waals surface area contributed by atoms with Gasteiger partial charge in [0, 0.05) is 29.9 Å². The number of aliphatic hydroxyl groups excluding tert-OH is 1. The van der Waals surface area contributed by atoms with Crippen molar-refractivity contribution in [2.24, 2.45) is 0 Å². The number of nitrogens with two attached hydrogens (primary N) is 2. The summed E-state index contributed by atoms with van der Waals surface area (Å²) in [6.45, 7) is 2.25. The lowest BCUT2D eigenvalue weighted by Gasteiger charge is -2.29. The third-order valence-corrected chi connectivity index (χ3v) is 4.85. The predicted octanol–water partition coefficient (Wildman–Crippen LogP) is 2.44. The van der Waals surface area contributed by atoms with Crippen LogP contribution in [0.2, 0.25) is 0 Å². The molecule has 1 saturated heterocycles. The second-order valence-corrected chi connectivity index (χ2v) is 6.83. The number of hydrogen-bond acceptors (Lipinski definition) is 7. The average Bonchev–Trinajstić information content (AvgIpc) is 2.76. The van der Waals surface area contributed by atoms with E-state index in [0.717, 1.165) is 5.56 Å². The fourth-order valence-electron chi connectivity index (χ4n) is 3.34. The van der Waals surface area contributed by atoms with Gasteiger partial charge < -0.3 is 26.2 Å². The Morgan fingerprint density at radius 2 is 1.86 bits per heavy atom. The molecule has 0 unspecified atom stereocenters. The van der Waals surface area contributed by atoms with Gasteiger partial charge >= 0.3 is 0 Å². The normalized spacial score (nSPS) is 14.2. The van der Waals surface area contributed by atoms with Gasteiger partial charge in [0.15, 0.2) is 11.6 Å². The third kappa shape index (κ3) is 3.85. The molecule has 1 aliphatic rings. The summed E-state index contributed by atoms with van der Waals surface area (Å²) in [4.78, 5) is 11.3. The fraction of sp³-hybridized carbons (Fsp3) is 0.238. The second-order valence-electron chi connectivity index (χ2n) is 6.83. The number of nitrogen functional groups attached to an aromatic ring is 2. The van der Waals surface area contributed by atoms with Crippen LogP contribution in [0, 0.1) is 5.82 Å². The predicted molar refractivity (Wildman–Crippen MR) is 111 cm³/mol. The summed E-state index contributed by atoms with van der Waals surface area (Å²) in [6.07, 6.45) is 0. The van der Waals surface area contributed by atoms with Gasteiger partial charge in [-0.3, -0.25) is 0 Å². The molecule has 2 aromatic carbocycles. The van der Waals surface area contributed by atoms with Gasteiger partial charge in [0.25, 0.3) is 0 Å². The Bertz CT molecular complexity index is 1040. The molecule has 0 saturated carbocycles. The Hall–Kier alpha value is -3.23. The number of nitrogens with zero attached hydrogens (tertiary/aromatic N) is 3. The highest BCUT2D eigenvalue weighted by Gasteiger charge is 2.22. The monoisotopic (exact) mass is 395 g/mol. The summed E-state index contributed by atoms with van der Waals surface area (Å²) in [5.74, 6) is 0.463. The lowest BCUT2D eigenvalue weighted by molar-refractivity contribution is 0.122. The molecule has 5 N–H and O–H groups in total. The molecule has 7 nitrogen and oxygen atoms in total. The Morgan fingerprint density at radius 3 is 2.62 bits per heavy atom. The minimum absolute atomic E-state index is 0.101. The Kier molecular flexibility index (Phi) is 5.28. The highest BCUT2D eigenvalue weighted by Crippen LogP contribution is 2.36. The Labute approximate surface area is 167 Å². The quantitative estimate of drug-likeness (QED) is 0.582. The molecular weight excluding hydrogens is 373 g/mol. The summed E-state index contributed by atoms with van der Waals surface area (Å²) >= 11 is 0. The van der Waals surface area contributed by atoms with Crippen molar-refractivity contribution in [2.45, 2.75) is 6.61 Å². The first-order chi connectivity index (χ1) is 14.1. The van der Waals surface area contributed by atoms with Gasteiger partial charge in [-0.1, -0.05) is 18.2 Å². The van der Waals surface area contributed by atoms with Crippen LogP contribution in [-0.4, -0.2) is 41.4 Å². The maximum absolute atomic E-state index is 14.6. The van der Waals surface area contributed by atoms with E-state index in [1.165, 1.54) is 18.2 Å². The van der Waals surface area contributed by atoms with Crippen LogP contribution in [0.15, 0.2) is 42.5 Å². The fourth-order valence-corrected chi connectivity index (χ4v) is 3.34. The van der Waals surface area contributed by atoms with Gasteiger partial charge in [-0.15, -0.1) is 0 Å². The summed E-state index contributed by atoms with van der Waals surface area (Å²) in [7, 11) is 0. The average molecular weight is 395 g/mol. The summed E-state index contributed by atoms with van der Waals surface area (Å²) in [6, 6.07) is 11.6. The van der Waals surface area contributed by atoms with Gasteiger partial charge in [0.2, 0.25) is 0 Å². The minimum Gasteiger partial charge on any atom is -0.399 e. The number of aromatic nitrogens is 2. The van der Waals surface area contributed by atoms with Gasteiger partial charge in [-0.2, -0.15) is 0 Å². The molecule has 4 rings (SSSR count). The number of hydrogen-bond donors (Lipinski definition) is 3. The maximum atomic E-state index is 14.6. The van der Waals surface area contributed by atoms with Crippen LogP contribution in [0.25, 0.3) is 22.6 Å². The zero-order valence-electron chi connectivity index (χ0n) is 15.8. The van der Waals surface area contributed by atoms with Crippen molar-refractivity contribution < 1.29 is 14.2 Å². The van der Waals surface area contributed by atoms with Crippen LogP contribution in [0.3, 0.4) is 0 Å². The van der Waals surface area contributed by atoms with E-state index >= 15 is 0 Å². The van der Waals surface area contributed by atoms with Gasteiger partial charge in [-0.05, 0) is 29.8 Å². The Morgan fingerprint density at radius 1 is 1.07 bits per heavy atom. The van der Waals surface area contributed by atoms with Crippen molar-refractivity contribution in [1.82, 2.24) is 9.97 Å². The molecule has 1 fully saturated rings. The molecule has 0 bridgehead atoms. The van der Waals surface area contributed by atoms with Gasteiger partial charge in [0.05, 0.1) is 19.8 Å². The number of morpholine rings is 1. The molecule has 29 heavy (non-hydrogen) atoms. The van der Waals surface area contributed by atoms with E-state index in [0.29, 0.717) is 54.9 Å². The van der Waals surface area contributed by atoms with Crippen molar-refractivity contribution in [3.05, 3.63) is 53.8 Å². The van der Waals surface area contributed by atoms with Crippen molar-refractivity contribution in [2.75, 3.05) is 42.7 Å². The summed E-state index contributed by atoms with van der Waals surface area (Å²) in [5, 5.41) is 9.46. The number of halogens is 1. The summed E-state index contributed by atoms with van der Waals surface area (Å²) < 4.78 is 20.0. The van der Waals surface area contributed by atoms with E-state index in [9.17, 15) is 9.50 Å². The van der Waals surface area contributed by atoms with Crippen LogP contribution < -0.4 is 16.4 Å².